The molecule has 0 bridgehead atoms. The molecule has 3 unspecified atom stereocenters. The first-order valence-electron chi connectivity index (χ1n) is 8.07. The summed E-state index contributed by atoms with van der Waals surface area (Å²) in [7, 11) is 4.11. The van der Waals surface area contributed by atoms with Crippen LogP contribution in [0, 0.1) is 11.8 Å². The number of nitrogens with two attached hydrogens (primary N) is 1. The fraction of sp³-hybridized carbons (Fsp3) is 0.611. The lowest BCUT2D eigenvalue weighted by Crippen LogP contribution is -2.44. The minimum atomic E-state index is -0.274. The molecule has 1 aromatic carbocycles. The topological polar surface area (TPSA) is 58.4 Å². The third-order valence-corrected chi connectivity index (χ3v) is 4.12. The van der Waals surface area contributed by atoms with E-state index in [2.05, 4.69) is 38.2 Å². The predicted molar refractivity (Wildman–Crippen MR) is 107 cm³/mol. The summed E-state index contributed by atoms with van der Waals surface area (Å²) < 4.78 is 0. The predicted octanol–water partition coefficient (Wildman–Crippen LogP) is 3.26. The lowest BCUT2D eigenvalue weighted by atomic mass is 9.94. The van der Waals surface area contributed by atoms with Gasteiger partial charge in [-0.2, -0.15) is 0 Å². The summed E-state index contributed by atoms with van der Waals surface area (Å²) in [5, 5.41) is 3.06. The lowest BCUT2D eigenvalue weighted by Gasteiger charge is -2.27. The van der Waals surface area contributed by atoms with Crippen molar-refractivity contribution in [2.75, 3.05) is 20.6 Å². The van der Waals surface area contributed by atoms with Gasteiger partial charge in [0.1, 0.15) is 0 Å². The molecule has 4 nitrogen and oxygen atoms in total. The summed E-state index contributed by atoms with van der Waals surface area (Å²) in [6.07, 6.45) is 1.06. The van der Waals surface area contributed by atoms with Gasteiger partial charge in [0.25, 0.3) is 0 Å². The van der Waals surface area contributed by atoms with Crippen LogP contribution in [-0.4, -0.2) is 37.5 Å². The van der Waals surface area contributed by atoms with Crippen molar-refractivity contribution in [3.8, 4) is 0 Å². The normalized spacial score (nSPS) is 14.3. The minimum Gasteiger partial charge on any atom is -0.354 e. The number of halogens is 2. The second-order valence-corrected chi connectivity index (χ2v) is 6.72. The molecule has 0 fully saturated rings. The van der Waals surface area contributed by atoms with E-state index in [1.165, 1.54) is 0 Å². The highest BCUT2D eigenvalue weighted by Gasteiger charge is 2.23. The summed E-state index contributed by atoms with van der Waals surface area (Å²) >= 11 is 0. The average Bonchev–Trinajstić information content (AvgIpc) is 2.49. The van der Waals surface area contributed by atoms with E-state index in [1.54, 1.807) is 0 Å². The molecule has 6 heteroatoms. The summed E-state index contributed by atoms with van der Waals surface area (Å²) in [6, 6.07) is 9.86. The number of hydrogen-bond donors (Lipinski definition) is 2. The molecule has 0 aromatic heterocycles. The van der Waals surface area contributed by atoms with Gasteiger partial charge in [-0.25, -0.2) is 0 Å². The van der Waals surface area contributed by atoms with Gasteiger partial charge < -0.3 is 16.0 Å². The van der Waals surface area contributed by atoms with Crippen LogP contribution in [0.5, 0.6) is 0 Å². The third-order valence-electron chi connectivity index (χ3n) is 4.12. The van der Waals surface area contributed by atoms with Crippen molar-refractivity contribution in [1.82, 2.24) is 10.2 Å². The van der Waals surface area contributed by atoms with Gasteiger partial charge in [0.05, 0.1) is 5.92 Å². The number of amides is 1. The zero-order valence-electron chi connectivity index (χ0n) is 15.4. The Morgan fingerprint density at radius 2 is 1.67 bits per heavy atom. The molecule has 3 atom stereocenters. The van der Waals surface area contributed by atoms with Crippen molar-refractivity contribution in [2.24, 2.45) is 17.6 Å². The van der Waals surface area contributed by atoms with Gasteiger partial charge in [-0.05, 0) is 32.0 Å². The highest BCUT2D eigenvalue weighted by molar-refractivity contribution is 5.85. The largest absolute Gasteiger partial charge is 0.354 e. The van der Waals surface area contributed by atoms with Crippen molar-refractivity contribution in [1.29, 1.82) is 0 Å². The van der Waals surface area contributed by atoms with E-state index in [-0.39, 0.29) is 42.7 Å². The molecule has 0 saturated carbocycles. The monoisotopic (exact) mass is 377 g/mol. The smallest absolute Gasteiger partial charge is 0.224 e. The van der Waals surface area contributed by atoms with Crippen LogP contribution in [0.4, 0.5) is 0 Å². The second kappa shape index (κ2) is 12.5. The first kappa shape index (κ1) is 25.4. The van der Waals surface area contributed by atoms with Gasteiger partial charge in [0.15, 0.2) is 0 Å². The van der Waals surface area contributed by atoms with E-state index >= 15 is 0 Å². The van der Waals surface area contributed by atoms with Crippen molar-refractivity contribution in [2.45, 2.75) is 39.3 Å². The maximum Gasteiger partial charge on any atom is 0.224 e. The van der Waals surface area contributed by atoms with Crippen LogP contribution in [0.3, 0.4) is 0 Å². The fourth-order valence-electron chi connectivity index (χ4n) is 2.53. The fourth-order valence-corrected chi connectivity index (χ4v) is 2.53. The quantitative estimate of drug-likeness (QED) is 0.730. The Bertz CT molecular complexity index is 455. The first-order chi connectivity index (χ1) is 10.3. The van der Waals surface area contributed by atoms with E-state index in [1.807, 2.05) is 37.3 Å². The second-order valence-electron chi connectivity index (χ2n) is 6.72. The van der Waals surface area contributed by atoms with E-state index in [9.17, 15) is 4.79 Å². The molecule has 3 N–H and O–H groups in total. The molecule has 140 valence electrons. The Balaban J connectivity index is 0. The maximum atomic E-state index is 12.4. The van der Waals surface area contributed by atoms with Crippen LogP contribution in [0.15, 0.2) is 30.3 Å². The molecule has 1 aromatic rings. The van der Waals surface area contributed by atoms with Gasteiger partial charge in [-0.3, -0.25) is 4.79 Å². The molecule has 0 aliphatic heterocycles. The van der Waals surface area contributed by atoms with Gasteiger partial charge in [-0.15, -0.1) is 24.8 Å². The van der Waals surface area contributed by atoms with Crippen molar-refractivity contribution >= 4 is 30.7 Å². The summed E-state index contributed by atoms with van der Waals surface area (Å²) in [4.78, 5) is 14.5. The SMILES string of the molecule is CC(C)CC(CNC(=O)C(C)C(N)c1ccccc1)N(C)C.Cl.Cl. The zero-order valence-corrected chi connectivity index (χ0v) is 17.0. The molecule has 0 heterocycles. The van der Waals surface area contributed by atoms with E-state index in [0.717, 1.165) is 12.0 Å². The number of benzene rings is 1. The molecular weight excluding hydrogens is 345 g/mol. The number of carbonyl (C=O) groups is 1. The molecule has 0 aliphatic rings. The molecular formula is C18H33Cl2N3O. The summed E-state index contributed by atoms with van der Waals surface area (Å²) in [6.45, 7) is 6.95. The Morgan fingerprint density at radius 1 is 1.12 bits per heavy atom. The van der Waals surface area contributed by atoms with Crippen LogP contribution in [0.1, 0.15) is 38.8 Å². The lowest BCUT2D eigenvalue weighted by molar-refractivity contribution is -0.125. The standard InChI is InChI=1S/C18H31N3O.2ClH/c1-13(2)11-16(21(4)5)12-20-18(22)14(3)17(19)15-9-7-6-8-10-15;;/h6-10,13-14,16-17H,11-12,19H2,1-5H3,(H,20,22);2*1H. The summed E-state index contributed by atoms with van der Waals surface area (Å²) in [5.74, 6) is 0.379. The Hall–Kier alpha value is -0.810. The number of likely N-dealkylation sites (N-methyl/N-ethyl adjacent to an activating group) is 1. The molecule has 1 rings (SSSR count). The van der Waals surface area contributed by atoms with Gasteiger partial charge in [0, 0.05) is 18.6 Å². The van der Waals surface area contributed by atoms with Crippen molar-refractivity contribution < 1.29 is 4.79 Å². The Kier molecular flexibility index (Phi) is 13.3. The molecule has 0 spiro atoms. The van der Waals surface area contributed by atoms with E-state index < -0.39 is 0 Å². The van der Waals surface area contributed by atoms with Gasteiger partial charge in [-0.1, -0.05) is 51.1 Å². The number of rotatable bonds is 8. The number of carbonyl (C=O) groups excluding carboxylic acids is 1. The van der Waals surface area contributed by atoms with Crippen LogP contribution in [-0.2, 0) is 4.79 Å². The zero-order chi connectivity index (χ0) is 16.7. The molecule has 24 heavy (non-hydrogen) atoms. The first-order valence-corrected chi connectivity index (χ1v) is 8.07. The van der Waals surface area contributed by atoms with Crippen LogP contribution >= 0.6 is 24.8 Å². The number of nitrogens with one attached hydrogen (secondary N) is 1. The highest BCUT2D eigenvalue weighted by Crippen LogP contribution is 2.19. The van der Waals surface area contributed by atoms with E-state index in [4.69, 9.17) is 5.73 Å². The third kappa shape index (κ3) is 8.34. The summed E-state index contributed by atoms with van der Waals surface area (Å²) in [5.41, 5.74) is 7.21. The van der Waals surface area contributed by atoms with Gasteiger partial charge in [0.2, 0.25) is 5.91 Å². The molecule has 1 amide bonds. The van der Waals surface area contributed by atoms with Crippen molar-refractivity contribution in [3.05, 3.63) is 35.9 Å². The van der Waals surface area contributed by atoms with Crippen molar-refractivity contribution in [3.63, 3.8) is 0 Å². The Morgan fingerprint density at radius 3 is 2.12 bits per heavy atom. The Labute approximate surface area is 159 Å². The molecule has 0 aliphatic carbocycles. The molecule has 0 saturated heterocycles. The molecule has 0 radical (unpaired) electrons. The van der Waals surface area contributed by atoms with Gasteiger partial charge >= 0.3 is 0 Å². The number of nitrogens with zero attached hydrogens (tertiary/aromatic N) is 1. The number of hydrogen-bond acceptors (Lipinski definition) is 3. The average molecular weight is 378 g/mol. The van der Waals surface area contributed by atoms with Crippen LogP contribution in [0.25, 0.3) is 0 Å². The van der Waals surface area contributed by atoms with Crippen LogP contribution in [0.2, 0.25) is 0 Å². The van der Waals surface area contributed by atoms with E-state index in [0.29, 0.717) is 18.5 Å². The maximum absolute atomic E-state index is 12.4. The highest BCUT2D eigenvalue weighted by atomic mass is 35.5. The van der Waals surface area contributed by atoms with Crippen LogP contribution < -0.4 is 11.1 Å². The minimum absolute atomic E-state index is 0.